The first-order valence-corrected chi connectivity index (χ1v) is 6.98. The molecular formula is C12H12F3N3O2S. The van der Waals surface area contributed by atoms with E-state index in [0.717, 1.165) is 11.3 Å². The van der Waals surface area contributed by atoms with Gasteiger partial charge < -0.3 is 9.84 Å². The standard InChI is InChI=1S/C12H12F3N3O2S/c1-2-3-9(19)16-6-7-4-5-8(21-7)10-17-11(20-18-10)12(13,14)15/h4-5H,2-3,6H2,1H3,(H,16,19). The van der Waals surface area contributed by atoms with Crippen molar-refractivity contribution < 1.29 is 22.5 Å². The Morgan fingerprint density at radius 2 is 2.19 bits per heavy atom. The molecule has 0 radical (unpaired) electrons. The average Bonchev–Trinajstić information content (AvgIpc) is 3.05. The van der Waals surface area contributed by atoms with E-state index in [1.54, 1.807) is 12.1 Å². The fourth-order valence-corrected chi connectivity index (χ4v) is 2.41. The molecule has 9 heteroatoms. The number of halogens is 3. The van der Waals surface area contributed by atoms with Crippen molar-refractivity contribution in [3.05, 3.63) is 22.9 Å². The van der Waals surface area contributed by atoms with Crippen molar-refractivity contribution in [2.24, 2.45) is 0 Å². The number of hydrogen-bond donors (Lipinski definition) is 1. The molecule has 114 valence electrons. The molecule has 0 aliphatic heterocycles. The predicted octanol–water partition coefficient (Wildman–Crippen LogP) is 3.23. The van der Waals surface area contributed by atoms with Crippen molar-refractivity contribution in [1.82, 2.24) is 15.5 Å². The first kappa shape index (κ1) is 15.5. The van der Waals surface area contributed by atoms with Crippen LogP contribution in [0.3, 0.4) is 0 Å². The lowest BCUT2D eigenvalue weighted by molar-refractivity contribution is -0.159. The summed E-state index contributed by atoms with van der Waals surface area (Å²) >= 11 is 1.20. The Labute approximate surface area is 122 Å². The number of carbonyl (C=O) groups excluding carboxylic acids is 1. The van der Waals surface area contributed by atoms with Gasteiger partial charge in [-0.05, 0) is 18.6 Å². The third-order valence-electron chi connectivity index (χ3n) is 2.49. The maximum Gasteiger partial charge on any atom is 0.471 e. The summed E-state index contributed by atoms with van der Waals surface area (Å²) in [6, 6.07) is 3.30. The smallest absolute Gasteiger partial charge is 0.351 e. The number of hydrogen-bond acceptors (Lipinski definition) is 5. The maximum absolute atomic E-state index is 12.4. The number of aromatic nitrogens is 2. The van der Waals surface area contributed by atoms with E-state index in [1.165, 1.54) is 11.3 Å². The molecule has 0 saturated carbocycles. The van der Waals surface area contributed by atoms with Crippen LogP contribution in [0, 0.1) is 0 Å². The SMILES string of the molecule is CCCC(=O)NCc1ccc(-c2noc(C(F)(F)F)n2)s1. The number of nitrogens with one attached hydrogen (secondary N) is 1. The van der Waals surface area contributed by atoms with E-state index >= 15 is 0 Å². The van der Waals surface area contributed by atoms with Crippen LogP contribution in [0.4, 0.5) is 13.2 Å². The normalized spacial score (nSPS) is 11.6. The van der Waals surface area contributed by atoms with Gasteiger partial charge in [0.05, 0.1) is 11.4 Å². The highest BCUT2D eigenvalue weighted by Gasteiger charge is 2.38. The zero-order valence-electron chi connectivity index (χ0n) is 11.0. The van der Waals surface area contributed by atoms with Crippen molar-refractivity contribution >= 4 is 17.2 Å². The summed E-state index contributed by atoms with van der Waals surface area (Å²) in [6.45, 7) is 2.23. The summed E-state index contributed by atoms with van der Waals surface area (Å²) in [4.78, 5) is 15.9. The van der Waals surface area contributed by atoms with E-state index in [9.17, 15) is 18.0 Å². The lowest BCUT2D eigenvalue weighted by Crippen LogP contribution is -2.21. The summed E-state index contributed by atoms with van der Waals surface area (Å²) in [5.74, 6) is -1.55. The second kappa shape index (κ2) is 6.25. The zero-order valence-corrected chi connectivity index (χ0v) is 11.8. The molecule has 0 spiro atoms. The van der Waals surface area contributed by atoms with Gasteiger partial charge in [-0.15, -0.1) is 11.3 Å². The molecular weight excluding hydrogens is 307 g/mol. The van der Waals surface area contributed by atoms with Crippen molar-refractivity contribution in [2.75, 3.05) is 0 Å². The molecule has 0 bridgehead atoms. The Bertz CT molecular complexity index is 621. The highest BCUT2D eigenvalue weighted by molar-refractivity contribution is 7.15. The molecule has 2 rings (SSSR count). The van der Waals surface area contributed by atoms with Crippen LogP contribution < -0.4 is 5.32 Å². The minimum atomic E-state index is -4.65. The fraction of sp³-hybridized carbons (Fsp3) is 0.417. The van der Waals surface area contributed by atoms with E-state index < -0.39 is 12.1 Å². The van der Waals surface area contributed by atoms with Crippen molar-refractivity contribution in [2.45, 2.75) is 32.5 Å². The average molecular weight is 319 g/mol. The van der Waals surface area contributed by atoms with E-state index in [2.05, 4.69) is 20.0 Å². The summed E-state index contributed by atoms with van der Waals surface area (Å²) in [5.41, 5.74) is 0. The van der Waals surface area contributed by atoms with Gasteiger partial charge in [-0.1, -0.05) is 12.1 Å². The quantitative estimate of drug-likeness (QED) is 0.918. The zero-order chi connectivity index (χ0) is 15.5. The molecule has 0 saturated heterocycles. The molecule has 2 aromatic rings. The molecule has 0 unspecified atom stereocenters. The summed E-state index contributed by atoms with van der Waals surface area (Å²) in [5, 5.41) is 6.03. The number of nitrogens with zero attached hydrogens (tertiary/aromatic N) is 2. The van der Waals surface area contributed by atoms with Gasteiger partial charge in [0, 0.05) is 11.3 Å². The van der Waals surface area contributed by atoms with Gasteiger partial charge in [-0.25, -0.2) is 0 Å². The predicted molar refractivity (Wildman–Crippen MR) is 69.4 cm³/mol. The van der Waals surface area contributed by atoms with Crippen molar-refractivity contribution in [3.63, 3.8) is 0 Å². The Kier molecular flexibility index (Phi) is 4.61. The molecule has 0 aliphatic carbocycles. The lowest BCUT2D eigenvalue weighted by atomic mass is 10.3. The molecule has 2 aromatic heterocycles. The number of carbonyl (C=O) groups is 1. The van der Waals surface area contributed by atoms with E-state index in [0.29, 0.717) is 17.8 Å². The van der Waals surface area contributed by atoms with Gasteiger partial charge in [0.1, 0.15) is 0 Å². The minimum Gasteiger partial charge on any atom is -0.351 e. The Morgan fingerprint density at radius 1 is 1.43 bits per heavy atom. The second-order valence-electron chi connectivity index (χ2n) is 4.21. The summed E-state index contributed by atoms with van der Waals surface area (Å²) < 4.78 is 41.3. The largest absolute Gasteiger partial charge is 0.471 e. The lowest BCUT2D eigenvalue weighted by Gasteiger charge is -2.01. The second-order valence-corrected chi connectivity index (χ2v) is 5.38. The molecule has 2 heterocycles. The van der Waals surface area contributed by atoms with Crippen molar-refractivity contribution in [3.8, 4) is 10.7 Å². The summed E-state index contributed by atoms with van der Waals surface area (Å²) in [7, 11) is 0. The Morgan fingerprint density at radius 3 is 2.81 bits per heavy atom. The molecule has 0 fully saturated rings. The van der Waals surface area contributed by atoms with E-state index in [4.69, 9.17) is 0 Å². The van der Waals surface area contributed by atoms with Crippen LogP contribution in [-0.2, 0) is 17.5 Å². The van der Waals surface area contributed by atoms with Gasteiger partial charge in [0.2, 0.25) is 11.7 Å². The van der Waals surface area contributed by atoms with Gasteiger partial charge >= 0.3 is 12.1 Å². The number of alkyl halides is 3. The third-order valence-corrected chi connectivity index (χ3v) is 3.57. The van der Waals surface area contributed by atoms with Crippen LogP contribution in [0.2, 0.25) is 0 Å². The molecule has 0 atom stereocenters. The van der Waals surface area contributed by atoms with E-state index in [-0.39, 0.29) is 11.7 Å². The molecule has 1 amide bonds. The van der Waals surface area contributed by atoms with Crippen LogP contribution >= 0.6 is 11.3 Å². The Balaban J connectivity index is 2.03. The van der Waals surface area contributed by atoms with Crippen LogP contribution in [0.5, 0.6) is 0 Å². The number of rotatable bonds is 5. The molecule has 5 nitrogen and oxygen atoms in total. The third kappa shape index (κ3) is 4.03. The fourth-order valence-electron chi connectivity index (χ4n) is 1.53. The van der Waals surface area contributed by atoms with Gasteiger partial charge in [0.25, 0.3) is 0 Å². The van der Waals surface area contributed by atoms with Gasteiger partial charge in [-0.2, -0.15) is 18.2 Å². The van der Waals surface area contributed by atoms with Crippen LogP contribution in [-0.4, -0.2) is 16.0 Å². The number of thiophene rings is 1. The minimum absolute atomic E-state index is 0.0635. The highest BCUT2D eigenvalue weighted by Crippen LogP contribution is 2.31. The van der Waals surface area contributed by atoms with Crippen LogP contribution in [0.15, 0.2) is 16.7 Å². The molecule has 0 aliphatic rings. The van der Waals surface area contributed by atoms with Crippen LogP contribution in [0.1, 0.15) is 30.5 Å². The topological polar surface area (TPSA) is 68.0 Å². The maximum atomic E-state index is 12.4. The van der Waals surface area contributed by atoms with Gasteiger partial charge in [0.15, 0.2) is 0 Å². The molecule has 0 aromatic carbocycles. The van der Waals surface area contributed by atoms with E-state index in [1.807, 2.05) is 6.92 Å². The first-order chi connectivity index (χ1) is 9.90. The summed E-state index contributed by atoms with van der Waals surface area (Å²) in [6.07, 6.45) is -3.46. The van der Waals surface area contributed by atoms with Crippen molar-refractivity contribution in [1.29, 1.82) is 0 Å². The first-order valence-electron chi connectivity index (χ1n) is 6.17. The monoisotopic (exact) mass is 319 g/mol. The molecule has 21 heavy (non-hydrogen) atoms. The number of amides is 1. The highest BCUT2D eigenvalue weighted by atomic mass is 32.1. The van der Waals surface area contributed by atoms with Gasteiger partial charge in [-0.3, -0.25) is 4.79 Å². The Hall–Kier alpha value is -1.90. The van der Waals surface area contributed by atoms with Crippen LogP contribution in [0.25, 0.3) is 10.7 Å². The molecule has 1 N–H and O–H groups in total.